The van der Waals surface area contributed by atoms with Crippen molar-refractivity contribution in [3.05, 3.63) is 22.3 Å². The van der Waals surface area contributed by atoms with Crippen molar-refractivity contribution in [3.8, 4) is 10.7 Å². The normalized spacial score (nSPS) is 18.5. The van der Waals surface area contributed by atoms with Gasteiger partial charge in [0.25, 0.3) is 0 Å². The van der Waals surface area contributed by atoms with Crippen molar-refractivity contribution in [2.24, 2.45) is 0 Å². The monoisotopic (exact) mass is 420 g/mol. The number of carbonyl (C=O) groups is 1. The Kier molecular flexibility index (Phi) is 6.25. The second-order valence-electron chi connectivity index (χ2n) is 7.57. The van der Waals surface area contributed by atoms with Crippen LogP contribution in [0.4, 0.5) is 0 Å². The first-order valence-electron chi connectivity index (χ1n) is 10.1. The number of rotatable bonds is 8. The SMILES string of the molecule is CCCNC(=O)CN1CCN(Cn2nc(-c3cccs3)n(C3CC3)c2=S)CC1. The largest absolute Gasteiger partial charge is 0.355 e. The molecule has 0 unspecified atom stereocenters. The number of nitrogens with one attached hydrogen (secondary N) is 1. The molecule has 9 heteroatoms. The van der Waals surface area contributed by atoms with E-state index in [-0.39, 0.29) is 5.91 Å². The van der Waals surface area contributed by atoms with Crippen molar-refractivity contribution in [3.63, 3.8) is 0 Å². The number of nitrogens with zero attached hydrogens (tertiary/aromatic N) is 5. The number of aromatic nitrogens is 3. The molecule has 0 bridgehead atoms. The molecular weight excluding hydrogens is 392 g/mol. The summed E-state index contributed by atoms with van der Waals surface area (Å²) in [7, 11) is 0. The molecule has 0 radical (unpaired) electrons. The van der Waals surface area contributed by atoms with Crippen molar-refractivity contribution in [1.82, 2.24) is 29.5 Å². The van der Waals surface area contributed by atoms with E-state index in [2.05, 4.69) is 44.1 Å². The average Bonchev–Trinajstić information content (AvgIpc) is 3.27. The number of amides is 1. The Labute approximate surface area is 174 Å². The van der Waals surface area contributed by atoms with Crippen LogP contribution in [0.25, 0.3) is 10.7 Å². The van der Waals surface area contributed by atoms with Crippen LogP contribution in [0.15, 0.2) is 17.5 Å². The summed E-state index contributed by atoms with van der Waals surface area (Å²) in [4.78, 5) is 17.7. The molecule has 1 aliphatic carbocycles. The molecule has 7 nitrogen and oxygen atoms in total. The average molecular weight is 421 g/mol. The van der Waals surface area contributed by atoms with E-state index in [0.717, 1.165) is 49.7 Å². The van der Waals surface area contributed by atoms with Crippen LogP contribution in [-0.2, 0) is 11.5 Å². The van der Waals surface area contributed by atoms with Crippen molar-refractivity contribution in [2.75, 3.05) is 39.3 Å². The number of piperazine rings is 1. The molecule has 1 saturated heterocycles. The van der Waals surface area contributed by atoms with Crippen LogP contribution >= 0.6 is 23.6 Å². The molecule has 152 valence electrons. The van der Waals surface area contributed by atoms with Crippen LogP contribution in [-0.4, -0.2) is 69.3 Å². The van der Waals surface area contributed by atoms with Crippen LogP contribution in [0.3, 0.4) is 0 Å². The summed E-state index contributed by atoms with van der Waals surface area (Å²) in [5.41, 5.74) is 0. The molecule has 0 aromatic carbocycles. The second kappa shape index (κ2) is 8.86. The van der Waals surface area contributed by atoms with Crippen molar-refractivity contribution >= 4 is 29.5 Å². The van der Waals surface area contributed by atoms with E-state index >= 15 is 0 Å². The van der Waals surface area contributed by atoms with E-state index in [4.69, 9.17) is 17.3 Å². The highest BCUT2D eigenvalue weighted by Gasteiger charge is 2.30. The molecule has 28 heavy (non-hydrogen) atoms. The summed E-state index contributed by atoms with van der Waals surface area (Å²) < 4.78 is 5.05. The third-order valence-electron chi connectivity index (χ3n) is 5.26. The molecule has 2 aliphatic rings. The van der Waals surface area contributed by atoms with Crippen LogP contribution in [0, 0.1) is 4.77 Å². The first-order valence-corrected chi connectivity index (χ1v) is 11.4. The Balaban J connectivity index is 1.37. The van der Waals surface area contributed by atoms with E-state index < -0.39 is 0 Å². The van der Waals surface area contributed by atoms with Gasteiger partial charge in [0.15, 0.2) is 10.6 Å². The Bertz CT molecular complexity index is 846. The van der Waals surface area contributed by atoms with Gasteiger partial charge in [0.1, 0.15) is 0 Å². The number of thiophene rings is 1. The minimum atomic E-state index is 0.126. The van der Waals surface area contributed by atoms with Gasteiger partial charge in [0.05, 0.1) is 18.1 Å². The minimum absolute atomic E-state index is 0.126. The van der Waals surface area contributed by atoms with Gasteiger partial charge in [0.2, 0.25) is 5.91 Å². The predicted molar refractivity (Wildman–Crippen MR) is 114 cm³/mol. The fraction of sp³-hybridized carbons (Fsp3) is 0.632. The molecule has 3 heterocycles. The van der Waals surface area contributed by atoms with Gasteiger partial charge in [-0.15, -0.1) is 16.4 Å². The highest BCUT2D eigenvalue weighted by atomic mass is 32.1. The van der Waals surface area contributed by atoms with Gasteiger partial charge in [0, 0.05) is 38.8 Å². The summed E-state index contributed by atoms with van der Waals surface area (Å²) >= 11 is 7.48. The number of carbonyl (C=O) groups excluding carboxylic acids is 1. The third-order valence-corrected chi connectivity index (χ3v) is 6.54. The van der Waals surface area contributed by atoms with Crippen molar-refractivity contribution < 1.29 is 4.79 Å². The first-order chi connectivity index (χ1) is 13.7. The highest BCUT2D eigenvalue weighted by Crippen LogP contribution is 2.39. The van der Waals surface area contributed by atoms with E-state index in [1.165, 1.54) is 17.7 Å². The van der Waals surface area contributed by atoms with E-state index in [0.29, 0.717) is 19.3 Å². The predicted octanol–water partition coefficient (Wildman–Crippen LogP) is 2.58. The quantitative estimate of drug-likeness (QED) is 0.665. The van der Waals surface area contributed by atoms with Gasteiger partial charge in [-0.3, -0.25) is 19.2 Å². The zero-order chi connectivity index (χ0) is 19.5. The zero-order valence-corrected chi connectivity index (χ0v) is 18.0. The minimum Gasteiger partial charge on any atom is -0.355 e. The Morgan fingerprint density at radius 1 is 1.29 bits per heavy atom. The fourth-order valence-corrected chi connectivity index (χ4v) is 4.59. The maximum absolute atomic E-state index is 11.9. The van der Waals surface area contributed by atoms with E-state index in [1.54, 1.807) is 11.3 Å². The molecule has 1 N–H and O–H groups in total. The van der Waals surface area contributed by atoms with Gasteiger partial charge >= 0.3 is 0 Å². The van der Waals surface area contributed by atoms with Crippen LogP contribution < -0.4 is 5.32 Å². The van der Waals surface area contributed by atoms with Gasteiger partial charge in [-0.2, -0.15) is 0 Å². The molecule has 1 aliphatic heterocycles. The molecule has 1 amide bonds. The summed E-state index contributed by atoms with van der Waals surface area (Å²) in [5, 5.41) is 9.92. The number of hydrogen-bond acceptors (Lipinski definition) is 6. The van der Waals surface area contributed by atoms with E-state index in [1.807, 2.05) is 4.68 Å². The van der Waals surface area contributed by atoms with Crippen LogP contribution in [0.1, 0.15) is 32.2 Å². The smallest absolute Gasteiger partial charge is 0.234 e. The second-order valence-corrected chi connectivity index (χ2v) is 8.88. The molecule has 1 saturated carbocycles. The maximum atomic E-state index is 11.9. The topological polar surface area (TPSA) is 58.3 Å². The Morgan fingerprint density at radius 2 is 2.04 bits per heavy atom. The first kappa shape index (κ1) is 19.8. The van der Waals surface area contributed by atoms with Gasteiger partial charge in [-0.25, -0.2) is 4.68 Å². The molecule has 0 atom stereocenters. The molecule has 4 rings (SSSR count). The summed E-state index contributed by atoms with van der Waals surface area (Å²) in [6.07, 6.45) is 3.36. The standard InChI is InChI=1S/C19H28N6OS2/c1-2-7-20-17(26)13-22-8-10-23(11-9-22)14-24-19(27)25(15-5-6-15)18(21-24)16-4-3-12-28-16/h3-4,12,15H,2,5-11,13-14H2,1H3,(H,20,26). The van der Waals surface area contributed by atoms with Gasteiger partial charge in [-0.1, -0.05) is 13.0 Å². The lowest BCUT2D eigenvalue weighted by atomic mass is 10.3. The van der Waals surface area contributed by atoms with Crippen molar-refractivity contribution in [1.29, 1.82) is 0 Å². The molecule has 0 spiro atoms. The van der Waals surface area contributed by atoms with Gasteiger partial charge in [-0.05, 0) is 42.9 Å². The third kappa shape index (κ3) is 4.53. The van der Waals surface area contributed by atoms with Crippen molar-refractivity contribution in [2.45, 2.75) is 38.9 Å². The van der Waals surface area contributed by atoms with E-state index in [9.17, 15) is 4.79 Å². The molecule has 2 aromatic heterocycles. The molecule has 2 aromatic rings. The lowest BCUT2D eigenvalue weighted by molar-refractivity contribution is -0.122. The lowest BCUT2D eigenvalue weighted by Gasteiger charge is -2.33. The Hall–Kier alpha value is -1.55. The summed E-state index contributed by atoms with van der Waals surface area (Å²) in [6, 6.07) is 4.69. The van der Waals surface area contributed by atoms with Crippen LogP contribution in [0.2, 0.25) is 0 Å². The number of hydrogen-bond donors (Lipinski definition) is 1. The maximum Gasteiger partial charge on any atom is 0.234 e. The molecule has 2 fully saturated rings. The summed E-state index contributed by atoms with van der Waals surface area (Å²) in [5.74, 6) is 1.13. The molecular formula is C19H28N6OS2. The fourth-order valence-electron chi connectivity index (χ4n) is 3.55. The lowest BCUT2D eigenvalue weighted by Crippen LogP contribution is -2.49. The van der Waals surface area contributed by atoms with Gasteiger partial charge < -0.3 is 5.32 Å². The summed E-state index contributed by atoms with van der Waals surface area (Å²) in [6.45, 7) is 7.67. The Morgan fingerprint density at radius 3 is 2.68 bits per heavy atom. The van der Waals surface area contributed by atoms with Crippen LogP contribution in [0.5, 0.6) is 0 Å². The zero-order valence-electron chi connectivity index (χ0n) is 16.3. The highest BCUT2D eigenvalue weighted by molar-refractivity contribution is 7.71.